The molecule has 1 saturated heterocycles. The minimum absolute atomic E-state index is 0.166. The predicted octanol–water partition coefficient (Wildman–Crippen LogP) is 3.82. The van der Waals surface area contributed by atoms with Gasteiger partial charge in [-0.3, -0.25) is 4.79 Å². The van der Waals surface area contributed by atoms with Gasteiger partial charge in [0, 0.05) is 42.2 Å². The van der Waals surface area contributed by atoms with E-state index < -0.39 is 0 Å². The van der Waals surface area contributed by atoms with E-state index in [9.17, 15) is 4.79 Å². The fourth-order valence-corrected chi connectivity index (χ4v) is 2.93. The van der Waals surface area contributed by atoms with E-state index in [1.807, 2.05) is 24.3 Å². The SMILES string of the molecule is CO[C@@H]1CCN(c2ccc(NC(=O)c3cccc(Cl)c3)cc2)C1. The van der Waals surface area contributed by atoms with Gasteiger partial charge in [-0.05, 0) is 48.9 Å². The molecule has 5 heteroatoms. The van der Waals surface area contributed by atoms with Crippen molar-refractivity contribution < 1.29 is 9.53 Å². The van der Waals surface area contributed by atoms with Crippen LogP contribution in [0.3, 0.4) is 0 Å². The molecular formula is C18H19ClN2O2. The van der Waals surface area contributed by atoms with Crippen LogP contribution in [0, 0.1) is 0 Å². The zero-order valence-electron chi connectivity index (χ0n) is 13.0. The summed E-state index contributed by atoms with van der Waals surface area (Å²) in [5, 5.41) is 3.43. The zero-order valence-corrected chi connectivity index (χ0v) is 13.7. The van der Waals surface area contributed by atoms with E-state index in [0.29, 0.717) is 16.7 Å². The Morgan fingerprint density at radius 3 is 2.70 bits per heavy atom. The van der Waals surface area contributed by atoms with E-state index >= 15 is 0 Å². The fourth-order valence-electron chi connectivity index (χ4n) is 2.74. The summed E-state index contributed by atoms with van der Waals surface area (Å²) in [4.78, 5) is 14.5. The number of amides is 1. The van der Waals surface area contributed by atoms with Crippen molar-refractivity contribution in [2.45, 2.75) is 12.5 Å². The van der Waals surface area contributed by atoms with Crippen LogP contribution in [0.2, 0.25) is 5.02 Å². The van der Waals surface area contributed by atoms with Gasteiger partial charge in [-0.1, -0.05) is 17.7 Å². The minimum Gasteiger partial charge on any atom is -0.380 e. The standard InChI is InChI=1S/C18H19ClN2O2/c1-23-17-9-10-21(12-17)16-7-5-15(6-8-16)20-18(22)13-3-2-4-14(19)11-13/h2-8,11,17H,9-10,12H2,1H3,(H,20,22)/t17-/m1/s1. The summed E-state index contributed by atoms with van der Waals surface area (Å²) >= 11 is 5.91. The highest BCUT2D eigenvalue weighted by Crippen LogP contribution is 2.23. The largest absolute Gasteiger partial charge is 0.380 e. The van der Waals surface area contributed by atoms with E-state index in [1.165, 1.54) is 0 Å². The Morgan fingerprint density at radius 1 is 1.26 bits per heavy atom. The van der Waals surface area contributed by atoms with Gasteiger partial charge in [0.25, 0.3) is 5.91 Å². The zero-order chi connectivity index (χ0) is 16.2. The summed E-state index contributed by atoms with van der Waals surface area (Å²) in [6.07, 6.45) is 1.35. The molecule has 1 aliphatic heterocycles. The third kappa shape index (κ3) is 3.84. The van der Waals surface area contributed by atoms with Crippen LogP contribution in [0.1, 0.15) is 16.8 Å². The van der Waals surface area contributed by atoms with Gasteiger partial charge < -0.3 is 15.0 Å². The van der Waals surface area contributed by atoms with Crippen LogP contribution in [-0.2, 0) is 4.74 Å². The Balaban J connectivity index is 1.65. The molecule has 2 aromatic carbocycles. The van der Waals surface area contributed by atoms with E-state index in [2.05, 4.69) is 10.2 Å². The van der Waals surface area contributed by atoms with E-state index in [4.69, 9.17) is 16.3 Å². The van der Waals surface area contributed by atoms with Crippen LogP contribution in [-0.4, -0.2) is 32.2 Å². The molecule has 0 bridgehead atoms. The van der Waals surface area contributed by atoms with Crippen molar-refractivity contribution >= 4 is 28.9 Å². The average Bonchev–Trinajstić information content (AvgIpc) is 3.04. The van der Waals surface area contributed by atoms with Crippen LogP contribution in [0.25, 0.3) is 0 Å². The molecule has 0 spiro atoms. The van der Waals surface area contributed by atoms with Crippen molar-refractivity contribution in [1.29, 1.82) is 0 Å². The quantitative estimate of drug-likeness (QED) is 0.926. The monoisotopic (exact) mass is 330 g/mol. The number of anilines is 2. The first-order valence-electron chi connectivity index (χ1n) is 7.60. The van der Waals surface area contributed by atoms with E-state index in [1.54, 1.807) is 31.4 Å². The van der Waals surface area contributed by atoms with Crippen LogP contribution < -0.4 is 10.2 Å². The van der Waals surface area contributed by atoms with Crippen molar-refractivity contribution in [2.75, 3.05) is 30.4 Å². The first kappa shape index (κ1) is 15.8. The van der Waals surface area contributed by atoms with Crippen molar-refractivity contribution in [1.82, 2.24) is 0 Å². The van der Waals surface area contributed by atoms with Crippen LogP contribution >= 0.6 is 11.6 Å². The molecule has 0 aliphatic carbocycles. The lowest BCUT2D eigenvalue weighted by atomic mass is 10.2. The molecule has 2 aromatic rings. The third-order valence-corrected chi connectivity index (χ3v) is 4.29. The molecule has 1 amide bonds. The van der Waals surface area contributed by atoms with Gasteiger partial charge >= 0.3 is 0 Å². The fraction of sp³-hybridized carbons (Fsp3) is 0.278. The molecule has 1 fully saturated rings. The summed E-state index contributed by atoms with van der Waals surface area (Å²) in [7, 11) is 1.75. The summed E-state index contributed by atoms with van der Waals surface area (Å²) in [6, 6.07) is 14.8. The van der Waals surface area contributed by atoms with Gasteiger partial charge in [0.1, 0.15) is 0 Å². The molecule has 1 N–H and O–H groups in total. The van der Waals surface area contributed by atoms with E-state index in [0.717, 1.165) is 30.9 Å². The Bertz CT molecular complexity index is 688. The number of nitrogens with zero attached hydrogens (tertiary/aromatic N) is 1. The lowest BCUT2D eigenvalue weighted by Crippen LogP contribution is -2.22. The summed E-state index contributed by atoms with van der Waals surface area (Å²) in [6.45, 7) is 1.90. The number of ether oxygens (including phenoxy) is 1. The molecule has 0 saturated carbocycles. The molecule has 3 rings (SSSR count). The second-order valence-corrected chi connectivity index (χ2v) is 6.04. The Kier molecular flexibility index (Phi) is 4.84. The average molecular weight is 331 g/mol. The lowest BCUT2D eigenvalue weighted by molar-refractivity contribution is 0.102. The number of hydrogen-bond donors (Lipinski definition) is 1. The predicted molar refractivity (Wildman–Crippen MR) is 93.5 cm³/mol. The Morgan fingerprint density at radius 2 is 2.04 bits per heavy atom. The van der Waals surface area contributed by atoms with Crippen molar-refractivity contribution in [3.05, 3.63) is 59.1 Å². The molecule has 0 aromatic heterocycles. The lowest BCUT2D eigenvalue weighted by Gasteiger charge is -2.18. The molecular weight excluding hydrogens is 312 g/mol. The molecule has 120 valence electrons. The van der Waals surface area contributed by atoms with Crippen LogP contribution in [0.5, 0.6) is 0 Å². The highest BCUT2D eigenvalue weighted by Gasteiger charge is 2.22. The molecule has 23 heavy (non-hydrogen) atoms. The number of halogens is 1. The van der Waals surface area contributed by atoms with Gasteiger partial charge in [-0.25, -0.2) is 0 Å². The summed E-state index contributed by atoms with van der Waals surface area (Å²) in [5.41, 5.74) is 2.45. The van der Waals surface area contributed by atoms with Crippen molar-refractivity contribution in [3.8, 4) is 0 Å². The first-order valence-corrected chi connectivity index (χ1v) is 7.98. The Hall–Kier alpha value is -2.04. The number of carbonyl (C=O) groups excluding carboxylic acids is 1. The third-order valence-electron chi connectivity index (χ3n) is 4.06. The molecule has 0 unspecified atom stereocenters. The van der Waals surface area contributed by atoms with Gasteiger partial charge in [0.15, 0.2) is 0 Å². The second kappa shape index (κ2) is 7.02. The maximum absolute atomic E-state index is 12.2. The second-order valence-electron chi connectivity index (χ2n) is 5.60. The number of hydrogen-bond acceptors (Lipinski definition) is 3. The highest BCUT2D eigenvalue weighted by atomic mass is 35.5. The molecule has 1 heterocycles. The van der Waals surface area contributed by atoms with Crippen molar-refractivity contribution in [2.24, 2.45) is 0 Å². The van der Waals surface area contributed by atoms with Gasteiger partial charge in [-0.15, -0.1) is 0 Å². The maximum atomic E-state index is 12.2. The number of methoxy groups -OCH3 is 1. The first-order chi connectivity index (χ1) is 11.2. The molecule has 1 atom stereocenters. The minimum atomic E-state index is -0.166. The maximum Gasteiger partial charge on any atom is 0.255 e. The van der Waals surface area contributed by atoms with Gasteiger partial charge in [0.2, 0.25) is 0 Å². The normalized spacial score (nSPS) is 17.3. The Labute approximate surface area is 141 Å². The number of rotatable bonds is 4. The number of carbonyl (C=O) groups is 1. The molecule has 4 nitrogen and oxygen atoms in total. The van der Waals surface area contributed by atoms with E-state index in [-0.39, 0.29) is 5.91 Å². The smallest absolute Gasteiger partial charge is 0.255 e. The van der Waals surface area contributed by atoms with Crippen LogP contribution in [0.4, 0.5) is 11.4 Å². The molecule has 0 radical (unpaired) electrons. The van der Waals surface area contributed by atoms with Crippen molar-refractivity contribution in [3.63, 3.8) is 0 Å². The van der Waals surface area contributed by atoms with Gasteiger partial charge in [0.05, 0.1) is 6.10 Å². The topological polar surface area (TPSA) is 41.6 Å². The number of nitrogens with one attached hydrogen (secondary N) is 1. The van der Waals surface area contributed by atoms with Crippen LogP contribution in [0.15, 0.2) is 48.5 Å². The van der Waals surface area contributed by atoms with Gasteiger partial charge in [-0.2, -0.15) is 0 Å². The summed E-state index contributed by atoms with van der Waals surface area (Å²) in [5.74, 6) is -0.166. The summed E-state index contributed by atoms with van der Waals surface area (Å²) < 4.78 is 5.39. The molecule has 1 aliphatic rings. The highest BCUT2D eigenvalue weighted by molar-refractivity contribution is 6.31. The number of benzene rings is 2.